The quantitative estimate of drug-likeness (QED) is 0.873. The molecule has 1 aromatic carbocycles. The summed E-state index contributed by atoms with van der Waals surface area (Å²) < 4.78 is 6.56. The predicted molar refractivity (Wildman–Crippen MR) is 67.2 cm³/mol. The van der Waals surface area contributed by atoms with Crippen LogP contribution in [-0.2, 0) is 6.61 Å². The summed E-state index contributed by atoms with van der Waals surface area (Å²) in [4.78, 5) is 0. The second kappa shape index (κ2) is 4.68. The van der Waals surface area contributed by atoms with Crippen LogP contribution in [0.3, 0.4) is 0 Å². The summed E-state index contributed by atoms with van der Waals surface area (Å²) in [7, 11) is 0. The lowest BCUT2D eigenvalue weighted by Crippen LogP contribution is -1.95. The third-order valence-corrected chi connectivity index (χ3v) is 3.32. The molecule has 4 heteroatoms. The average Bonchev–Trinajstić information content (AvgIpc) is 2.72. The van der Waals surface area contributed by atoms with Crippen LogP contribution >= 0.6 is 27.3 Å². The highest BCUT2D eigenvalue weighted by molar-refractivity contribution is 9.10. The van der Waals surface area contributed by atoms with Crippen molar-refractivity contribution >= 4 is 33.0 Å². The fourth-order valence-electron chi connectivity index (χ4n) is 1.17. The summed E-state index contributed by atoms with van der Waals surface area (Å²) in [5.74, 6) is 0.779. The van der Waals surface area contributed by atoms with Gasteiger partial charge in [0, 0.05) is 11.8 Å². The van der Waals surface area contributed by atoms with Gasteiger partial charge in [0.25, 0.3) is 0 Å². The van der Waals surface area contributed by atoms with E-state index in [4.69, 9.17) is 10.5 Å². The molecule has 2 nitrogen and oxygen atoms in total. The first kappa shape index (κ1) is 10.5. The Morgan fingerprint density at radius 3 is 2.93 bits per heavy atom. The van der Waals surface area contributed by atoms with E-state index < -0.39 is 0 Å². The topological polar surface area (TPSA) is 35.2 Å². The SMILES string of the molecule is Nc1ccc(Br)c(OCc2ccsc2)c1. The molecule has 1 heterocycles. The van der Waals surface area contributed by atoms with Crippen molar-refractivity contribution < 1.29 is 4.74 Å². The van der Waals surface area contributed by atoms with Gasteiger partial charge in [0.1, 0.15) is 12.4 Å². The molecule has 0 unspecified atom stereocenters. The van der Waals surface area contributed by atoms with Crippen molar-refractivity contribution in [2.45, 2.75) is 6.61 Å². The van der Waals surface area contributed by atoms with Crippen LogP contribution in [0.2, 0.25) is 0 Å². The van der Waals surface area contributed by atoms with E-state index in [9.17, 15) is 0 Å². The molecular weight excluding hydrogens is 274 g/mol. The van der Waals surface area contributed by atoms with Gasteiger partial charge in [0.05, 0.1) is 4.47 Å². The highest BCUT2D eigenvalue weighted by atomic mass is 79.9. The molecule has 0 aliphatic carbocycles. The smallest absolute Gasteiger partial charge is 0.136 e. The van der Waals surface area contributed by atoms with Crippen LogP contribution in [-0.4, -0.2) is 0 Å². The molecule has 2 N–H and O–H groups in total. The van der Waals surface area contributed by atoms with Gasteiger partial charge in [-0.1, -0.05) is 0 Å². The Kier molecular flexibility index (Phi) is 3.28. The molecule has 0 saturated carbocycles. The summed E-state index contributed by atoms with van der Waals surface area (Å²) in [6, 6.07) is 7.58. The minimum atomic E-state index is 0.575. The lowest BCUT2D eigenvalue weighted by Gasteiger charge is -2.07. The third kappa shape index (κ3) is 2.73. The Morgan fingerprint density at radius 1 is 1.33 bits per heavy atom. The molecule has 0 atom stereocenters. The number of anilines is 1. The monoisotopic (exact) mass is 283 g/mol. The van der Waals surface area contributed by atoms with Crippen LogP contribution < -0.4 is 10.5 Å². The molecule has 0 aliphatic heterocycles. The lowest BCUT2D eigenvalue weighted by molar-refractivity contribution is 0.305. The molecule has 15 heavy (non-hydrogen) atoms. The minimum absolute atomic E-state index is 0.575. The van der Waals surface area contributed by atoms with E-state index in [0.29, 0.717) is 12.3 Å². The predicted octanol–water partition coefficient (Wildman–Crippen LogP) is 3.67. The Hall–Kier alpha value is -1.00. The third-order valence-electron chi connectivity index (χ3n) is 1.93. The second-order valence-electron chi connectivity index (χ2n) is 3.11. The number of rotatable bonds is 3. The van der Waals surface area contributed by atoms with Gasteiger partial charge < -0.3 is 10.5 Å². The first-order chi connectivity index (χ1) is 7.25. The van der Waals surface area contributed by atoms with Crippen molar-refractivity contribution in [3.8, 4) is 5.75 Å². The molecule has 0 radical (unpaired) electrons. The van der Waals surface area contributed by atoms with Gasteiger partial charge in [0.15, 0.2) is 0 Å². The maximum Gasteiger partial charge on any atom is 0.136 e. The van der Waals surface area contributed by atoms with Crippen molar-refractivity contribution in [3.05, 3.63) is 45.1 Å². The largest absolute Gasteiger partial charge is 0.488 e. The number of hydrogen-bond acceptors (Lipinski definition) is 3. The van der Waals surface area contributed by atoms with E-state index in [-0.39, 0.29) is 0 Å². The van der Waals surface area contributed by atoms with Crippen LogP contribution in [0.5, 0.6) is 5.75 Å². The minimum Gasteiger partial charge on any atom is -0.488 e. The first-order valence-corrected chi connectivity index (χ1v) is 6.18. The van der Waals surface area contributed by atoms with E-state index >= 15 is 0 Å². The van der Waals surface area contributed by atoms with E-state index in [0.717, 1.165) is 10.2 Å². The molecule has 2 aromatic rings. The van der Waals surface area contributed by atoms with E-state index in [1.54, 1.807) is 11.3 Å². The zero-order chi connectivity index (χ0) is 10.7. The molecule has 1 aromatic heterocycles. The van der Waals surface area contributed by atoms with Gasteiger partial charge >= 0.3 is 0 Å². The van der Waals surface area contributed by atoms with Crippen LogP contribution in [0, 0.1) is 0 Å². The number of nitrogens with two attached hydrogens (primary N) is 1. The fraction of sp³-hybridized carbons (Fsp3) is 0.0909. The number of ether oxygens (including phenoxy) is 1. The van der Waals surface area contributed by atoms with Gasteiger partial charge in [-0.3, -0.25) is 0 Å². The summed E-state index contributed by atoms with van der Waals surface area (Å²) in [6.45, 7) is 0.575. The van der Waals surface area contributed by atoms with Gasteiger partial charge in [-0.15, -0.1) is 0 Å². The molecule has 0 fully saturated rings. The number of thiophene rings is 1. The first-order valence-electron chi connectivity index (χ1n) is 4.44. The molecule has 78 valence electrons. The number of hydrogen-bond donors (Lipinski definition) is 1. The summed E-state index contributed by atoms with van der Waals surface area (Å²) >= 11 is 5.08. The number of nitrogen functional groups attached to an aromatic ring is 1. The van der Waals surface area contributed by atoms with E-state index in [1.165, 1.54) is 5.56 Å². The maximum absolute atomic E-state index is 5.68. The molecule has 0 aliphatic rings. The Bertz CT molecular complexity index is 442. The normalized spacial score (nSPS) is 10.2. The molecule has 0 amide bonds. The van der Waals surface area contributed by atoms with Crippen molar-refractivity contribution in [1.29, 1.82) is 0 Å². The standard InChI is InChI=1S/C11H10BrNOS/c12-10-2-1-9(13)5-11(10)14-6-8-3-4-15-7-8/h1-5,7H,6,13H2. The van der Waals surface area contributed by atoms with Crippen molar-refractivity contribution in [1.82, 2.24) is 0 Å². The average molecular weight is 284 g/mol. The van der Waals surface area contributed by atoms with Crippen LogP contribution in [0.4, 0.5) is 5.69 Å². The number of benzene rings is 1. The van der Waals surface area contributed by atoms with Gasteiger partial charge in [-0.2, -0.15) is 11.3 Å². The summed E-state index contributed by atoms with van der Waals surface area (Å²) in [5.41, 5.74) is 7.56. The zero-order valence-electron chi connectivity index (χ0n) is 7.94. The highest BCUT2D eigenvalue weighted by Crippen LogP contribution is 2.27. The second-order valence-corrected chi connectivity index (χ2v) is 4.74. The molecule has 0 spiro atoms. The van der Waals surface area contributed by atoms with Crippen LogP contribution in [0.15, 0.2) is 39.5 Å². The maximum atomic E-state index is 5.68. The fourth-order valence-corrected chi connectivity index (χ4v) is 2.18. The summed E-state index contributed by atoms with van der Waals surface area (Å²) in [5, 5.41) is 4.10. The van der Waals surface area contributed by atoms with Gasteiger partial charge in [-0.05, 0) is 50.5 Å². The molecule has 0 bridgehead atoms. The van der Waals surface area contributed by atoms with Crippen molar-refractivity contribution in [2.24, 2.45) is 0 Å². The van der Waals surface area contributed by atoms with Crippen LogP contribution in [0.25, 0.3) is 0 Å². The van der Waals surface area contributed by atoms with Gasteiger partial charge in [0.2, 0.25) is 0 Å². The Labute approximate surface area is 101 Å². The molecule has 0 saturated heterocycles. The van der Waals surface area contributed by atoms with Crippen molar-refractivity contribution in [3.63, 3.8) is 0 Å². The van der Waals surface area contributed by atoms with Crippen molar-refractivity contribution in [2.75, 3.05) is 5.73 Å². The number of halogens is 1. The molecular formula is C11H10BrNOS. The van der Waals surface area contributed by atoms with Crippen LogP contribution in [0.1, 0.15) is 5.56 Å². The molecule has 2 rings (SSSR count). The zero-order valence-corrected chi connectivity index (χ0v) is 10.3. The van der Waals surface area contributed by atoms with E-state index in [2.05, 4.69) is 21.3 Å². The lowest BCUT2D eigenvalue weighted by atomic mass is 10.3. The highest BCUT2D eigenvalue weighted by Gasteiger charge is 2.02. The Balaban J connectivity index is 2.07. The van der Waals surface area contributed by atoms with Gasteiger partial charge in [-0.25, -0.2) is 0 Å². The summed E-state index contributed by atoms with van der Waals surface area (Å²) in [6.07, 6.45) is 0. The Morgan fingerprint density at radius 2 is 2.20 bits per heavy atom. The van der Waals surface area contributed by atoms with E-state index in [1.807, 2.05) is 29.6 Å².